The van der Waals surface area contributed by atoms with E-state index < -0.39 is 0 Å². The SMILES string of the molecule is CCC1=CC(F)=CC2=NC(C(=O)N3CCc4[nH]nc(C(=O)N(C)C5CC5)c4C3)=CC12. The topological polar surface area (TPSA) is 81.7 Å². The molecule has 1 atom stereocenters. The number of nitrogens with zero attached hydrogens (tertiary/aromatic N) is 4. The number of halogens is 1. The summed E-state index contributed by atoms with van der Waals surface area (Å²) in [5.74, 6) is -0.754. The summed E-state index contributed by atoms with van der Waals surface area (Å²) in [6, 6.07) is 0.295. The lowest BCUT2D eigenvalue weighted by Crippen LogP contribution is -2.37. The van der Waals surface area contributed by atoms with Crippen LogP contribution in [-0.4, -0.2) is 57.2 Å². The number of rotatable bonds is 4. The lowest BCUT2D eigenvalue weighted by molar-refractivity contribution is -0.128. The summed E-state index contributed by atoms with van der Waals surface area (Å²) < 4.78 is 13.9. The number of amides is 2. The molecular formula is C22H24FN5O2. The molecule has 5 rings (SSSR count). The molecule has 4 aliphatic rings. The molecule has 2 aliphatic carbocycles. The van der Waals surface area contributed by atoms with Crippen molar-refractivity contribution in [3.8, 4) is 0 Å². The normalized spacial score (nSPS) is 22.5. The smallest absolute Gasteiger partial charge is 0.274 e. The molecule has 1 aromatic rings. The number of aromatic nitrogens is 2. The van der Waals surface area contributed by atoms with Gasteiger partial charge in [-0.05, 0) is 37.5 Å². The van der Waals surface area contributed by atoms with Crippen molar-refractivity contribution in [1.82, 2.24) is 20.0 Å². The first-order valence-electron chi connectivity index (χ1n) is 10.5. The van der Waals surface area contributed by atoms with Crippen LogP contribution in [0.5, 0.6) is 0 Å². The van der Waals surface area contributed by atoms with Crippen LogP contribution in [0.25, 0.3) is 0 Å². The van der Waals surface area contributed by atoms with Gasteiger partial charge in [0.2, 0.25) is 0 Å². The fourth-order valence-corrected chi connectivity index (χ4v) is 4.40. The standard InChI is InChI=1S/C22H24FN5O2/c1-3-12-8-13(23)9-18-15(12)10-19(24-18)21(29)28-7-6-17-16(11-28)20(26-25-17)22(30)27(2)14-4-5-14/h8-10,14-15H,3-7,11H2,1-2H3,(H,25,26). The molecule has 0 spiro atoms. The number of nitrogens with one attached hydrogen (secondary N) is 1. The van der Waals surface area contributed by atoms with Crippen molar-refractivity contribution in [2.45, 2.75) is 45.2 Å². The number of carbonyl (C=O) groups is 2. The Labute approximate surface area is 174 Å². The molecular weight excluding hydrogens is 385 g/mol. The first-order valence-corrected chi connectivity index (χ1v) is 10.5. The van der Waals surface area contributed by atoms with Crippen LogP contribution in [0.1, 0.15) is 47.9 Å². The Bertz CT molecular complexity index is 1060. The molecule has 3 heterocycles. The predicted octanol–water partition coefficient (Wildman–Crippen LogP) is 2.69. The Kier molecular flexibility index (Phi) is 4.45. The van der Waals surface area contributed by atoms with E-state index in [1.807, 2.05) is 13.0 Å². The van der Waals surface area contributed by atoms with Gasteiger partial charge in [-0.15, -0.1) is 0 Å². The molecule has 7 nitrogen and oxygen atoms in total. The fraction of sp³-hybridized carbons (Fsp3) is 0.455. The van der Waals surface area contributed by atoms with Gasteiger partial charge in [0.05, 0.1) is 12.3 Å². The zero-order valence-corrected chi connectivity index (χ0v) is 17.1. The van der Waals surface area contributed by atoms with E-state index in [0.29, 0.717) is 49.1 Å². The average Bonchev–Trinajstić information content (AvgIpc) is 3.37. The Balaban J connectivity index is 1.37. The van der Waals surface area contributed by atoms with Gasteiger partial charge in [-0.3, -0.25) is 14.7 Å². The van der Waals surface area contributed by atoms with Gasteiger partial charge in [-0.25, -0.2) is 9.38 Å². The minimum Gasteiger partial charge on any atom is -0.337 e. The first kappa shape index (κ1) is 19.0. The van der Waals surface area contributed by atoms with E-state index in [4.69, 9.17) is 0 Å². The number of aliphatic imine (C=N–C) groups is 1. The monoisotopic (exact) mass is 409 g/mol. The van der Waals surface area contributed by atoms with Crippen molar-refractivity contribution in [2.24, 2.45) is 10.9 Å². The van der Waals surface area contributed by atoms with E-state index in [0.717, 1.165) is 29.7 Å². The molecule has 1 saturated carbocycles. The Hall–Kier alpha value is -3.03. The maximum Gasteiger partial charge on any atom is 0.274 e. The van der Waals surface area contributed by atoms with Crippen molar-refractivity contribution in [2.75, 3.05) is 13.6 Å². The summed E-state index contributed by atoms with van der Waals surface area (Å²) in [7, 11) is 1.81. The molecule has 0 aromatic carbocycles. The van der Waals surface area contributed by atoms with Crippen LogP contribution in [0.3, 0.4) is 0 Å². The third-order valence-corrected chi connectivity index (χ3v) is 6.37. The van der Waals surface area contributed by atoms with Gasteiger partial charge in [0.15, 0.2) is 5.69 Å². The number of carbonyl (C=O) groups excluding carboxylic acids is 2. The zero-order chi connectivity index (χ0) is 21.0. The molecule has 156 valence electrons. The van der Waals surface area contributed by atoms with E-state index >= 15 is 0 Å². The van der Waals surface area contributed by atoms with Crippen molar-refractivity contribution < 1.29 is 14.0 Å². The summed E-state index contributed by atoms with van der Waals surface area (Å²) in [4.78, 5) is 33.9. The van der Waals surface area contributed by atoms with Gasteiger partial charge in [0.25, 0.3) is 11.8 Å². The number of allylic oxidation sites excluding steroid dienone is 5. The molecule has 1 N–H and O–H groups in total. The predicted molar refractivity (Wildman–Crippen MR) is 109 cm³/mol. The maximum atomic E-state index is 13.9. The third kappa shape index (κ3) is 3.11. The van der Waals surface area contributed by atoms with Crippen molar-refractivity contribution in [3.05, 3.63) is 52.3 Å². The number of H-pyrrole nitrogens is 1. The second-order valence-electron chi connectivity index (χ2n) is 8.32. The zero-order valence-electron chi connectivity index (χ0n) is 17.1. The average molecular weight is 409 g/mol. The van der Waals surface area contributed by atoms with E-state index in [-0.39, 0.29) is 23.6 Å². The molecule has 0 radical (unpaired) electrons. The summed E-state index contributed by atoms with van der Waals surface area (Å²) in [6.45, 7) is 2.81. The second-order valence-corrected chi connectivity index (χ2v) is 8.32. The third-order valence-electron chi connectivity index (χ3n) is 6.37. The van der Waals surface area contributed by atoms with Gasteiger partial charge >= 0.3 is 0 Å². The highest BCUT2D eigenvalue weighted by Gasteiger charge is 2.36. The lowest BCUT2D eigenvalue weighted by Gasteiger charge is -2.27. The van der Waals surface area contributed by atoms with Crippen LogP contribution < -0.4 is 0 Å². The van der Waals surface area contributed by atoms with E-state index in [2.05, 4.69) is 15.2 Å². The van der Waals surface area contributed by atoms with Crippen LogP contribution in [-0.2, 0) is 17.8 Å². The van der Waals surface area contributed by atoms with E-state index in [1.54, 1.807) is 16.8 Å². The van der Waals surface area contributed by atoms with Crippen LogP contribution in [0.15, 0.2) is 40.3 Å². The Morgan fingerprint density at radius 1 is 1.33 bits per heavy atom. The molecule has 0 bridgehead atoms. The Morgan fingerprint density at radius 3 is 2.87 bits per heavy atom. The first-order chi connectivity index (χ1) is 14.5. The molecule has 2 aliphatic heterocycles. The lowest BCUT2D eigenvalue weighted by atomic mass is 9.88. The summed E-state index contributed by atoms with van der Waals surface area (Å²) in [6.07, 6.45) is 8.11. The van der Waals surface area contributed by atoms with Gasteiger partial charge in [0, 0.05) is 43.2 Å². The van der Waals surface area contributed by atoms with Crippen LogP contribution >= 0.6 is 0 Å². The minimum atomic E-state index is -0.326. The van der Waals surface area contributed by atoms with Gasteiger partial charge < -0.3 is 9.80 Å². The molecule has 1 fully saturated rings. The Morgan fingerprint density at radius 2 is 2.13 bits per heavy atom. The largest absolute Gasteiger partial charge is 0.337 e. The van der Waals surface area contributed by atoms with Gasteiger partial charge in [-0.1, -0.05) is 12.5 Å². The molecule has 0 saturated heterocycles. The quantitative estimate of drug-likeness (QED) is 0.830. The van der Waals surface area contributed by atoms with Gasteiger partial charge in [-0.2, -0.15) is 5.10 Å². The highest BCUT2D eigenvalue weighted by molar-refractivity contribution is 6.09. The molecule has 30 heavy (non-hydrogen) atoms. The highest BCUT2D eigenvalue weighted by atomic mass is 19.1. The van der Waals surface area contributed by atoms with Crippen LogP contribution in [0, 0.1) is 5.92 Å². The summed E-state index contributed by atoms with van der Waals surface area (Å²) in [5, 5.41) is 7.23. The molecule has 1 unspecified atom stereocenters. The van der Waals surface area contributed by atoms with Crippen molar-refractivity contribution >= 4 is 17.5 Å². The van der Waals surface area contributed by atoms with Gasteiger partial charge in [0.1, 0.15) is 11.5 Å². The number of aromatic amines is 1. The molecule has 2 amide bonds. The van der Waals surface area contributed by atoms with E-state index in [1.165, 1.54) is 12.2 Å². The van der Waals surface area contributed by atoms with Crippen LogP contribution in [0.2, 0.25) is 0 Å². The number of fused-ring (bicyclic) bond motifs is 2. The number of hydrogen-bond acceptors (Lipinski definition) is 4. The second kappa shape index (κ2) is 7.04. The van der Waals surface area contributed by atoms with Crippen molar-refractivity contribution in [1.29, 1.82) is 0 Å². The van der Waals surface area contributed by atoms with Crippen LogP contribution in [0.4, 0.5) is 4.39 Å². The molecule has 1 aromatic heterocycles. The number of hydrogen-bond donors (Lipinski definition) is 1. The fourth-order valence-electron chi connectivity index (χ4n) is 4.40. The van der Waals surface area contributed by atoms with Crippen molar-refractivity contribution in [3.63, 3.8) is 0 Å². The minimum absolute atomic E-state index is 0.103. The maximum absolute atomic E-state index is 13.9. The summed E-state index contributed by atoms with van der Waals surface area (Å²) in [5.41, 5.74) is 3.94. The van der Waals surface area contributed by atoms with E-state index in [9.17, 15) is 14.0 Å². The highest BCUT2D eigenvalue weighted by Crippen LogP contribution is 2.33. The molecule has 8 heteroatoms. The summed E-state index contributed by atoms with van der Waals surface area (Å²) >= 11 is 0.